The summed E-state index contributed by atoms with van der Waals surface area (Å²) in [6.45, 7) is 2.06. The van der Waals surface area contributed by atoms with Crippen molar-refractivity contribution in [3.05, 3.63) is 41.8 Å². The molecule has 2 N–H and O–H groups in total. The summed E-state index contributed by atoms with van der Waals surface area (Å²) in [5.74, 6) is -0.109. The van der Waals surface area contributed by atoms with Gasteiger partial charge in [0, 0.05) is 24.6 Å². The summed E-state index contributed by atoms with van der Waals surface area (Å²) < 4.78 is 18.1. The van der Waals surface area contributed by atoms with Crippen LogP contribution < -0.4 is 5.32 Å². The van der Waals surface area contributed by atoms with Crippen LogP contribution in [0.5, 0.6) is 0 Å². The van der Waals surface area contributed by atoms with Gasteiger partial charge >= 0.3 is 0 Å². The average Bonchev–Trinajstić information content (AvgIpc) is 3.17. The molecule has 1 aliphatic rings. The molecule has 2 aromatic rings. The lowest BCUT2D eigenvalue weighted by Gasteiger charge is -2.07. The number of aromatic amines is 1. The molecule has 1 atom stereocenters. The van der Waals surface area contributed by atoms with Crippen molar-refractivity contribution in [3.8, 4) is 11.3 Å². The summed E-state index contributed by atoms with van der Waals surface area (Å²) in [5, 5.41) is 9.66. The minimum absolute atomic E-state index is 0.192. The molecule has 0 spiro atoms. The van der Waals surface area contributed by atoms with E-state index in [4.69, 9.17) is 4.74 Å². The Labute approximate surface area is 121 Å². The van der Waals surface area contributed by atoms with Crippen LogP contribution in [0.4, 0.5) is 4.39 Å². The number of carbonyl (C=O) groups excluding carboxylic acids is 1. The number of ether oxygens (including phenoxy) is 1. The highest BCUT2D eigenvalue weighted by Gasteiger charge is 2.17. The van der Waals surface area contributed by atoms with Gasteiger partial charge in [-0.05, 0) is 36.8 Å². The van der Waals surface area contributed by atoms with Crippen molar-refractivity contribution in [1.29, 1.82) is 0 Å². The van der Waals surface area contributed by atoms with Crippen molar-refractivity contribution < 1.29 is 13.9 Å². The number of benzene rings is 1. The van der Waals surface area contributed by atoms with Gasteiger partial charge in [0.2, 0.25) is 0 Å². The quantitative estimate of drug-likeness (QED) is 0.904. The minimum Gasteiger partial charge on any atom is -0.381 e. The van der Waals surface area contributed by atoms with E-state index in [2.05, 4.69) is 15.5 Å². The van der Waals surface area contributed by atoms with Crippen molar-refractivity contribution in [2.24, 2.45) is 5.92 Å². The predicted octanol–water partition coefficient (Wildman–Crippen LogP) is 1.98. The second-order valence-electron chi connectivity index (χ2n) is 5.11. The first-order valence-electron chi connectivity index (χ1n) is 6.89. The molecule has 1 aromatic carbocycles. The monoisotopic (exact) mass is 289 g/mol. The maximum absolute atomic E-state index is 12.9. The van der Waals surface area contributed by atoms with Crippen LogP contribution in [-0.2, 0) is 4.74 Å². The van der Waals surface area contributed by atoms with Crippen LogP contribution in [0.25, 0.3) is 11.3 Å². The second-order valence-corrected chi connectivity index (χ2v) is 5.11. The first kappa shape index (κ1) is 13.8. The molecule has 1 aliphatic heterocycles. The van der Waals surface area contributed by atoms with E-state index in [1.54, 1.807) is 18.2 Å². The van der Waals surface area contributed by atoms with Gasteiger partial charge in [-0.25, -0.2) is 4.39 Å². The first-order chi connectivity index (χ1) is 10.2. The zero-order valence-corrected chi connectivity index (χ0v) is 11.4. The van der Waals surface area contributed by atoms with Gasteiger partial charge < -0.3 is 10.1 Å². The van der Waals surface area contributed by atoms with Crippen LogP contribution in [0.1, 0.15) is 16.9 Å². The fourth-order valence-corrected chi connectivity index (χ4v) is 2.28. The lowest BCUT2D eigenvalue weighted by Crippen LogP contribution is -2.29. The van der Waals surface area contributed by atoms with E-state index in [-0.39, 0.29) is 11.7 Å². The van der Waals surface area contributed by atoms with E-state index >= 15 is 0 Å². The molecule has 0 bridgehead atoms. The van der Waals surface area contributed by atoms with Gasteiger partial charge in [-0.15, -0.1) is 0 Å². The van der Waals surface area contributed by atoms with Crippen molar-refractivity contribution in [3.63, 3.8) is 0 Å². The number of nitrogens with one attached hydrogen (secondary N) is 2. The molecular weight excluding hydrogens is 273 g/mol. The summed E-state index contributed by atoms with van der Waals surface area (Å²) in [4.78, 5) is 12.0. The summed E-state index contributed by atoms with van der Waals surface area (Å²) in [6.07, 6.45) is 0.976. The molecule has 0 unspecified atom stereocenters. The Morgan fingerprint density at radius 3 is 2.95 bits per heavy atom. The molecule has 1 fully saturated rings. The van der Waals surface area contributed by atoms with Crippen molar-refractivity contribution in [2.45, 2.75) is 6.42 Å². The number of nitrogens with zero attached hydrogens (tertiary/aromatic N) is 1. The third-order valence-corrected chi connectivity index (χ3v) is 3.54. The molecule has 0 saturated carbocycles. The van der Waals surface area contributed by atoms with Crippen molar-refractivity contribution >= 4 is 5.91 Å². The Morgan fingerprint density at radius 2 is 2.24 bits per heavy atom. The number of hydrogen-bond donors (Lipinski definition) is 2. The highest BCUT2D eigenvalue weighted by Crippen LogP contribution is 2.18. The maximum Gasteiger partial charge on any atom is 0.269 e. The maximum atomic E-state index is 12.9. The molecule has 1 aromatic heterocycles. The smallest absolute Gasteiger partial charge is 0.269 e. The molecular formula is C15H16FN3O2. The van der Waals surface area contributed by atoms with Gasteiger partial charge in [-0.1, -0.05) is 0 Å². The Hall–Kier alpha value is -2.21. The van der Waals surface area contributed by atoms with Crippen LogP contribution in [0, 0.1) is 11.7 Å². The Balaban J connectivity index is 1.63. The molecule has 1 amide bonds. The number of rotatable bonds is 4. The highest BCUT2D eigenvalue weighted by molar-refractivity contribution is 5.93. The molecule has 110 valence electrons. The van der Waals surface area contributed by atoms with Gasteiger partial charge in [0.15, 0.2) is 0 Å². The van der Waals surface area contributed by atoms with Gasteiger partial charge in [0.05, 0.1) is 12.3 Å². The number of hydrogen-bond acceptors (Lipinski definition) is 3. The topological polar surface area (TPSA) is 67.0 Å². The zero-order chi connectivity index (χ0) is 14.7. The molecule has 2 heterocycles. The average molecular weight is 289 g/mol. The molecule has 0 aliphatic carbocycles. The van der Waals surface area contributed by atoms with Crippen LogP contribution in [0.2, 0.25) is 0 Å². The molecule has 21 heavy (non-hydrogen) atoms. The van der Waals surface area contributed by atoms with E-state index < -0.39 is 0 Å². The second kappa shape index (κ2) is 6.05. The fourth-order valence-electron chi connectivity index (χ4n) is 2.28. The van der Waals surface area contributed by atoms with Gasteiger partial charge in [0.1, 0.15) is 11.5 Å². The third kappa shape index (κ3) is 3.28. The number of H-pyrrole nitrogens is 1. The fraction of sp³-hybridized carbons (Fsp3) is 0.333. The van der Waals surface area contributed by atoms with E-state index in [9.17, 15) is 9.18 Å². The normalized spacial score (nSPS) is 17.9. The van der Waals surface area contributed by atoms with E-state index in [0.717, 1.165) is 18.6 Å². The van der Waals surface area contributed by atoms with E-state index in [1.165, 1.54) is 12.1 Å². The third-order valence-electron chi connectivity index (χ3n) is 3.54. The number of aromatic nitrogens is 2. The summed E-state index contributed by atoms with van der Waals surface area (Å²) >= 11 is 0. The van der Waals surface area contributed by atoms with Crippen LogP contribution in [0.3, 0.4) is 0 Å². The SMILES string of the molecule is O=C(NC[C@@H]1CCOC1)c1cc(-c2ccc(F)cc2)n[nH]1. The molecule has 3 rings (SSSR count). The Kier molecular flexibility index (Phi) is 3.96. The van der Waals surface area contributed by atoms with Gasteiger partial charge in [-0.2, -0.15) is 5.10 Å². The summed E-state index contributed by atoms with van der Waals surface area (Å²) in [7, 11) is 0. The number of carbonyl (C=O) groups is 1. The van der Waals surface area contributed by atoms with E-state index in [1.807, 2.05) is 0 Å². The molecule has 1 saturated heterocycles. The summed E-state index contributed by atoms with van der Waals surface area (Å²) in [6, 6.07) is 7.65. The largest absolute Gasteiger partial charge is 0.381 e. The predicted molar refractivity (Wildman–Crippen MR) is 75.2 cm³/mol. The lowest BCUT2D eigenvalue weighted by molar-refractivity contribution is 0.0940. The number of amides is 1. The first-order valence-corrected chi connectivity index (χ1v) is 6.89. The summed E-state index contributed by atoms with van der Waals surface area (Å²) in [5.41, 5.74) is 1.77. The molecule has 0 radical (unpaired) electrons. The number of halogens is 1. The highest BCUT2D eigenvalue weighted by atomic mass is 19.1. The van der Waals surface area contributed by atoms with Gasteiger partial charge in [-0.3, -0.25) is 9.89 Å². The minimum atomic E-state index is -0.300. The Bertz CT molecular complexity index is 618. The Morgan fingerprint density at radius 1 is 1.43 bits per heavy atom. The van der Waals surface area contributed by atoms with E-state index in [0.29, 0.717) is 30.5 Å². The lowest BCUT2D eigenvalue weighted by atomic mass is 10.1. The standard InChI is InChI=1S/C15H16FN3O2/c16-12-3-1-11(2-4-12)13-7-14(19-18-13)15(20)17-8-10-5-6-21-9-10/h1-4,7,10H,5-6,8-9H2,(H,17,20)(H,18,19)/t10-/m0/s1. The van der Waals surface area contributed by atoms with Crippen molar-refractivity contribution in [1.82, 2.24) is 15.5 Å². The van der Waals surface area contributed by atoms with Crippen LogP contribution in [0.15, 0.2) is 30.3 Å². The van der Waals surface area contributed by atoms with Crippen LogP contribution in [-0.4, -0.2) is 35.9 Å². The zero-order valence-electron chi connectivity index (χ0n) is 11.4. The van der Waals surface area contributed by atoms with Crippen LogP contribution >= 0.6 is 0 Å². The van der Waals surface area contributed by atoms with Crippen molar-refractivity contribution in [2.75, 3.05) is 19.8 Å². The molecule has 5 nitrogen and oxygen atoms in total. The van der Waals surface area contributed by atoms with Gasteiger partial charge in [0.25, 0.3) is 5.91 Å². The molecule has 6 heteroatoms.